The van der Waals surface area contributed by atoms with Crippen molar-refractivity contribution in [3.63, 3.8) is 0 Å². The number of nitrogens with one attached hydrogen (secondary N) is 1. The lowest BCUT2D eigenvalue weighted by molar-refractivity contribution is -0.120. The molecule has 3 aromatic rings. The third-order valence-corrected chi connectivity index (χ3v) is 5.49. The lowest BCUT2D eigenvalue weighted by Gasteiger charge is -2.33. The first-order valence-electron chi connectivity index (χ1n) is 9.56. The molecule has 0 spiro atoms. The number of aryl methyl sites for hydroxylation is 1. The summed E-state index contributed by atoms with van der Waals surface area (Å²) < 4.78 is 0. The minimum atomic E-state index is 0.00724. The van der Waals surface area contributed by atoms with E-state index in [1.807, 2.05) is 55.5 Å². The Balaban J connectivity index is 1.42. The van der Waals surface area contributed by atoms with Crippen LogP contribution in [0.4, 0.5) is 11.4 Å². The molecule has 1 fully saturated rings. The van der Waals surface area contributed by atoms with Gasteiger partial charge >= 0.3 is 0 Å². The Labute approximate surface area is 164 Å². The molecule has 1 amide bonds. The number of aromatic nitrogens is 1. The monoisotopic (exact) mass is 370 g/mol. The van der Waals surface area contributed by atoms with Gasteiger partial charge in [-0.3, -0.25) is 9.78 Å². The van der Waals surface area contributed by atoms with Crippen molar-refractivity contribution < 1.29 is 4.79 Å². The van der Waals surface area contributed by atoms with Crippen LogP contribution >= 0.6 is 0 Å². The quantitative estimate of drug-likeness (QED) is 0.747. The molecule has 1 aliphatic rings. The normalized spacial score (nSPS) is 14.6. The minimum absolute atomic E-state index is 0.00724. The summed E-state index contributed by atoms with van der Waals surface area (Å²) in [4.78, 5) is 19.4. The van der Waals surface area contributed by atoms with E-state index < -0.39 is 0 Å². The summed E-state index contributed by atoms with van der Waals surface area (Å²) in [6.07, 6.45) is 3.41. The van der Waals surface area contributed by atoms with Crippen LogP contribution in [0.25, 0.3) is 10.8 Å². The van der Waals surface area contributed by atoms with Gasteiger partial charge in [0, 0.05) is 53.0 Å². The first-order valence-corrected chi connectivity index (χ1v) is 9.56. The van der Waals surface area contributed by atoms with Crippen LogP contribution in [0, 0.1) is 24.2 Å². The van der Waals surface area contributed by atoms with Crippen LogP contribution in [0.5, 0.6) is 0 Å². The van der Waals surface area contributed by atoms with Crippen LogP contribution in [0.3, 0.4) is 0 Å². The summed E-state index contributed by atoms with van der Waals surface area (Å²) in [5.74, 6) is 0.0919. The number of carbonyl (C=O) groups excluding carboxylic acids is 1. The van der Waals surface area contributed by atoms with E-state index in [1.54, 1.807) is 6.20 Å². The van der Waals surface area contributed by atoms with Crippen LogP contribution in [-0.4, -0.2) is 24.0 Å². The van der Waals surface area contributed by atoms with Gasteiger partial charge in [-0.1, -0.05) is 12.1 Å². The van der Waals surface area contributed by atoms with Crippen molar-refractivity contribution in [1.29, 1.82) is 5.26 Å². The Morgan fingerprint density at radius 3 is 2.57 bits per heavy atom. The van der Waals surface area contributed by atoms with E-state index in [0.29, 0.717) is 5.56 Å². The first-order chi connectivity index (χ1) is 13.7. The summed E-state index contributed by atoms with van der Waals surface area (Å²) in [5.41, 5.74) is 3.58. The Morgan fingerprint density at radius 1 is 1.11 bits per heavy atom. The van der Waals surface area contributed by atoms with Crippen molar-refractivity contribution in [1.82, 2.24) is 4.98 Å². The molecule has 0 radical (unpaired) electrons. The number of hydrogen-bond donors (Lipinski definition) is 1. The van der Waals surface area contributed by atoms with E-state index in [0.717, 1.165) is 53.8 Å². The van der Waals surface area contributed by atoms with Crippen LogP contribution in [-0.2, 0) is 4.79 Å². The number of nitriles is 1. The van der Waals surface area contributed by atoms with Crippen molar-refractivity contribution in [2.45, 2.75) is 19.8 Å². The second-order valence-corrected chi connectivity index (χ2v) is 7.21. The topological polar surface area (TPSA) is 69.0 Å². The smallest absolute Gasteiger partial charge is 0.227 e. The van der Waals surface area contributed by atoms with E-state index in [9.17, 15) is 4.79 Å². The number of anilines is 2. The minimum Gasteiger partial charge on any atom is -0.371 e. The molecular weight excluding hydrogens is 348 g/mol. The van der Waals surface area contributed by atoms with Gasteiger partial charge in [0.15, 0.2) is 0 Å². The molecule has 0 unspecified atom stereocenters. The van der Waals surface area contributed by atoms with Crippen molar-refractivity contribution in [2.75, 3.05) is 23.3 Å². The summed E-state index contributed by atoms with van der Waals surface area (Å²) in [5, 5.41) is 14.1. The standard InChI is InChI=1S/C23H22N4O/c1-16-20-3-2-4-22(21(20)9-12-25-16)26-23(28)18-10-13-27(14-11-18)19-7-5-17(15-24)6-8-19/h2-9,12,18H,10-11,13-14H2,1H3,(H,26,28). The van der Waals surface area contributed by atoms with E-state index in [2.05, 4.69) is 21.3 Å². The molecule has 4 rings (SSSR count). The first kappa shape index (κ1) is 18.0. The van der Waals surface area contributed by atoms with E-state index in [4.69, 9.17) is 5.26 Å². The van der Waals surface area contributed by atoms with Crippen LogP contribution in [0.15, 0.2) is 54.7 Å². The fourth-order valence-electron chi connectivity index (χ4n) is 3.84. The van der Waals surface area contributed by atoms with Gasteiger partial charge in [0.1, 0.15) is 0 Å². The molecule has 1 aromatic heterocycles. The molecular formula is C23H22N4O. The highest BCUT2D eigenvalue weighted by atomic mass is 16.1. The van der Waals surface area contributed by atoms with Gasteiger partial charge in [0.05, 0.1) is 11.6 Å². The molecule has 28 heavy (non-hydrogen) atoms. The number of benzene rings is 2. The van der Waals surface area contributed by atoms with Crippen molar-refractivity contribution in [3.8, 4) is 6.07 Å². The van der Waals surface area contributed by atoms with Crippen LogP contribution in [0.1, 0.15) is 24.1 Å². The molecule has 2 heterocycles. The highest BCUT2D eigenvalue weighted by Crippen LogP contribution is 2.28. The van der Waals surface area contributed by atoms with Gasteiger partial charge in [-0.2, -0.15) is 5.26 Å². The lowest BCUT2D eigenvalue weighted by Crippen LogP contribution is -2.38. The average Bonchev–Trinajstić information content (AvgIpc) is 2.75. The highest BCUT2D eigenvalue weighted by Gasteiger charge is 2.25. The largest absolute Gasteiger partial charge is 0.371 e. The lowest BCUT2D eigenvalue weighted by atomic mass is 9.95. The third kappa shape index (κ3) is 3.54. The SMILES string of the molecule is Cc1nccc2c(NC(=O)C3CCN(c4ccc(C#N)cc4)CC3)cccc12. The van der Waals surface area contributed by atoms with Gasteiger partial charge < -0.3 is 10.2 Å². The highest BCUT2D eigenvalue weighted by molar-refractivity contribution is 6.03. The van der Waals surface area contributed by atoms with Crippen molar-refractivity contribution in [3.05, 3.63) is 66.0 Å². The molecule has 0 bridgehead atoms. The zero-order valence-corrected chi connectivity index (χ0v) is 15.9. The number of nitrogens with zero attached hydrogens (tertiary/aromatic N) is 3. The molecule has 1 aliphatic heterocycles. The van der Waals surface area contributed by atoms with E-state index in [-0.39, 0.29) is 11.8 Å². The molecule has 1 saturated heterocycles. The summed E-state index contributed by atoms with van der Waals surface area (Å²) in [6.45, 7) is 3.65. The maximum Gasteiger partial charge on any atom is 0.227 e. The predicted molar refractivity (Wildman–Crippen MR) is 111 cm³/mol. The number of piperidine rings is 1. The van der Waals surface area contributed by atoms with Crippen molar-refractivity contribution >= 4 is 28.1 Å². The maximum absolute atomic E-state index is 12.8. The second kappa shape index (κ2) is 7.69. The number of pyridine rings is 1. The molecule has 0 atom stereocenters. The van der Waals surface area contributed by atoms with Gasteiger partial charge in [0.2, 0.25) is 5.91 Å². The fourth-order valence-corrected chi connectivity index (χ4v) is 3.84. The summed E-state index contributed by atoms with van der Waals surface area (Å²) in [6, 6.07) is 17.7. The van der Waals surface area contributed by atoms with Gasteiger partial charge in [-0.25, -0.2) is 0 Å². The molecule has 0 aliphatic carbocycles. The zero-order valence-electron chi connectivity index (χ0n) is 15.9. The van der Waals surface area contributed by atoms with Gasteiger partial charge in [0.25, 0.3) is 0 Å². The second-order valence-electron chi connectivity index (χ2n) is 7.21. The van der Waals surface area contributed by atoms with Crippen LogP contribution in [0.2, 0.25) is 0 Å². The van der Waals surface area contributed by atoms with Crippen LogP contribution < -0.4 is 10.2 Å². The molecule has 5 nitrogen and oxygen atoms in total. The van der Waals surface area contributed by atoms with Gasteiger partial charge in [-0.05, 0) is 56.2 Å². The number of amides is 1. The molecule has 0 saturated carbocycles. The maximum atomic E-state index is 12.8. The van der Waals surface area contributed by atoms with Gasteiger partial charge in [-0.15, -0.1) is 0 Å². The Bertz CT molecular complexity index is 1040. The number of hydrogen-bond acceptors (Lipinski definition) is 4. The average molecular weight is 370 g/mol. The molecule has 1 N–H and O–H groups in total. The molecule has 5 heteroatoms. The number of rotatable bonds is 3. The van der Waals surface area contributed by atoms with Crippen molar-refractivity contribution in [2.24, 2.45) is 5.92 Å². The Hall–Kier alpha value is -3.39. The zero-order chi connectivity index (χ0) is 19.5. The Morgan fingerprint density at radius 2 is 1.86 bits per heavy atom. The molecule has 140 valence electrons. The van der Waals surface area contributed by atoms with E-state index >= 15 is 0 Å². The van der Waals surface area contributed by atoms with E-state index in [1.165, 1.54) is 0 Å². The Kier molecular flexibility index (Phi) is 4.94. The fraction of sp³-hybridized carbons (Fsp3) is 0.261. The third-order valence-electron chi connectivity index (χ3n) is 5.49. The summed E-state index contributed by atoms with van der Waals surface area (Å²) >= 11 is 0. The summed E-state index contributed by atoms with van der Waals surface area (Å²) in [7, 11) is 0. The number of fused-ring (bicyclic) bond motifs is 1. The predicted octanol–water partition coefficient (Wildman–Crippen LogP) is 4.27. The number of carbonyl (C=O) groups is 1. The molecule has 2 aromatic carbocycles.